The van der Waals surface area contributed by atoms with Crippen molar-refractivity contribution >= 4 is 21.9 Å². The zero-order chi connectivity index (χ0) is 14.0. The summed E-state index contributed by atoms with van der Waals surface area (Å²) in [6.07, 6.45) is 1.55. The minimum absolute atomic E-state index is 0.0446. The Morgan fingerprint density at radius 2 is 2.16 bits per heavy atom. The Morgan fingerprint density at radius 3 is 2.79 bits per heavy atom. The second-order valence-electron chi connectivity index (χ2n) is 3.82. The number of aryl methyl sites for hydroxylation is 1. The highest BCUT2D eigenvalue weighted by molar-refractivity contribution is 9.10. The molecule has 0 unspecified atom stereocenters. The van der Waals surface area contributed by atoms with E-state index in [1.165, 1.54) is 6.07 Å². The maximum Gasteiger partial charge on any atom is 0.339 e. The molecule has 0 fully saturated rings. The van der Waals surface area contributed by atoms with Gasteiger partial charge in [0.25, 0.3) is 0 Å². The van der Waals surface area contributed by atoms with E-state index in [0.29, 0.717) is 0 Å². The van der Waals surface area contributed by atoms with Gasteiger partial charge in [0.15, 0.2) is 0 Å². The molecule has 2 rings (SSSR count). The van der Waals surface area contributed by atoms with E-state index in [1.54, 1.807) is 12.3 Å². The largest absolute Gasteiger partial charge is 0.478 e. The Morgan fingerprint density at radius 1 is 1.42 bits per heavy atom. The summed E-state index contributed by atoms with van der Waals surface area (Å²) in [5, 5.41) is 8.99. The van der Waals surface area contributed by atoms with Gasteiger partial charge in [0.2, 0.25) is 5.88 Å². The summed E-state index contributed by atoms with van der Waals surface area (Å²) in [7, 11) is 0. The molecule has 0 aliphatic heterocycles. The van der Waals surface area contributed by atoms with Crippen LogP contribution in [0.1, 0.15) is 15.9 Å². The van der Waals surface area contributed by atoms with Gasteiger partial charge in [0.05, 0.1) is 0 Å². The number of halogens is 2. The number of rotatable bonds is 3. The number of nitrogens with zero attached hydrogens (tertiary/aromatic N) is 1. The predicted octanol–water partition coefficient (Wildman–Crippen LogP) is 3.78. The van der Waals surface area contributed by atoms with Gasteiger partial charge in [-0.15, -0.1) is 0 Å². The van der Waals surface area contributed by atoms with Crippen LogP contribution < -0.4 is 4.74 Å². The van der Waals surface area contributed by atoms with Gasteiger partial charge in [-0.25, -0.2) is 14.2 Å². The number of hydrogen-bond acceptors (Lipinski definition) is 3. The fourth-order valence-corrected chi connectivity index (χ4v) is 1.66. The van der Waals surface area contributed by atoms with Gasteiger partial charge in [0, 0.05) is 16.7 Å². The zero-order valence-corrected chi connectivity index (χ0v) is 11.4. The van der Waals surface area contributed by atoms with Crippen LogP contribution in [0.3, 0.4) is 0 Å². The highest BCUT2D eigenvalue weighted by Crippen LogP contribution is 2.27. The molecule has 0 bridgehead atoms. The Bertz CT molecular complexity index is 646. The van der Waals surface area contributed by atoms with Gasteiger partial charge in [-0.2, -0.15) is 0 Å². The third-order valence-corrected chi connectivity index (χ3v) is 3.24. The van der Waals surface area contributed by atoms with Crippen molar-refractivity contribution in [2.75, 3.05) is 0 Å². The van der Waals surface area contributed by atoms with Crippen LogP contribution in [-0.4, -0.2) is 16.1 Å². The number of aromatic nitrogens is 1. The molecule has 1 heterocycles. The molecule has 0 spiro atoms. The van der Waals surface area contributed by atoms with Crippen LogP contribution in [-0.2, 0) is 0 Å². The summed E-state index contributed by atoms with van der Waals surface area (Å²) in [4.78, 5) is 15.0. The van der Waals surface area contributed by atoms with Crippen LogP contribution in [0.5, 0.6) is 11.6 Å². The second kappa shape index (κ2) is 5.36. The Hall–Kier alpha value is -1.95. The molecule has 0 amide bonds. The van der Waals surface area contributed by atoms with E-state index in [2.05, 4.69) is 20.9 Å². The number of carboxylic acid groups (broad SMARTS) is 1. The lowest BCUT2D eigenvalue weighted by molar-refractivity contribution is 0.0693. The van der Waals surface area contributed by atoms with Gasteiger partial charge in [-0.1, -0.05) is 0 Å². The molecular formula is C13H9BrFNO3. The second-order valence-corrected chi connectivity index (χ2v) is 4.67. The van der Waals surface area contributed by atoms with Crippen molar-refractivity contribution in [2.24, 2.45) is 0 Å². The smallest absolute Gasteiger partial charge is 0.339 e. The van der Waals surface area contributed by atoms with Crippen molar-refractivity contribution in [3.8, 4) is 11.6 Å². The van der Waals surface area contributed by atoms with E-state index >= 15 is 0 Å². The number of aromatic carboxylic acids is 1. The Labute approximate surface area is 117 Å². The standard InChI is InChI=1S/C13H9BrFNO3/c1-7-4-12(16-6-10(7)14)19-11-3-2-8(15)5-9(11)13(17)18/h2-6H,1H3,(H,17,18). The molecule has 98 valence electrons. The van der Waals surface area contributed by atoms with Crippen molar-refractivity contribution in [3.05, 3.63) is 51.9 Å². The molecule has 0 aliphatic carbocycles. The van der Waals surface area contributed by atoms with Crippen molar-refractivity contribution in [1.82, 2.24) is 4.98 Å². The third-order valence-electron chi connectivity index (χ3n) is 2.41. The lowest BCUT2D eigenvalue weighted by Gasteiger charge is -2.08. The van der Waals surface area contributed by atoms with Crippen LogP contribution in [0.4, 0.5) is 4.39 Å². The fourth-order valence-electron chi connectivity index (χ4n) is 1.44. The first-order valence-corrected chi connectivity index (χ1v) is 6.09. The predicted molar refractivity (Wildman–Crippen MR) is 70.1 cm³/mol. The van der Waals surface area contributed by atoms with Gasteiger partial charge in [0.1, 0.15) is 17.1 Å². The fraction of sp³-hybridized carbons (Fsp3) is 0.0769. The van der Waals surface area contributed by atoms with Crippen molar-refractivity contribution in [1.29, 1.82) is 0 Å². The summed E-state index contributed by atoms with van der Waals surface area (Å²) in [5.74, 6) is -1.61. The van der Waals surface area contributed by atoms with Crippen LogP contribution in [0.25, 0.3) is 0 Å². The van der Waals surface area contributed by atoms with Crippen molar-refractivity contribution < 1.29 is 19.0 Å². The van der Waals surface area contributed by atoms with Gasteiger partial charge < -0.3 is 9.84 Å². The SMILES string of the molecule is Cc1cc(Oc2ccc(F)cc2C(=O)O)ncc1Br. The van der Waals surface area contributed by atoms with Gasteiger partial charge in [-0.05, 0) is 46.6 Å². The first-order chi connectivity index (χ1) is 8.97. The molecule has 0 radical (unpaired) electrons. The summed E-state index contributed by atoms with van der Waals surface area (Å²) in [5.41, 5.74) is 0.645. The molecule has 1 N–H and O–H groups in total. The zero-order valence-electron chi connectivity index (χ0n) is 9.85. The average Bonchev–Trinajstić information content (AvgIpc) is 2.36. The number of ether oxygens (including phenoxy) is 1. The molecule has 2 aromatic rings. The maximum atomic E-state index is 13.0. The number of benzene rings is 1. The molecule has 19 heavy (non-hydrogen) atoms. The molecule has 0 saturated heterocycles. The summed E-state index contributed by atoms with van der Waals surface area (Å²) >= 11 is 3.30. The minimum Gasteiger partial charge on any atom is -0.478 e. The van der Waals surface area contributed by atoms with Crippen LogP contribution >= 0.6 is 15.9 Å². The maximum absolute atomic E-state index is 13.0. The van der Waals surface area contributed by atoms with Crippen LogP contribution in [0.2, 0.25) is 0 Å². The van der Waals surface area contributed by atoms with E-state index in [1.807, 2.05) is 6.92 Å². The highest BCUT2D eigenvalue weighted by Gasteiger charge is 2.14. The highest BCUT2D eigenvalue weighted by atomic mass is 79.9. The van der Waals surface area contributed by atoms with Crippen LogP contribution in [0, 0.1) is 12.7 Å². The first kappa shape index (κ1) is 13.5. The van der Waals surface area contributed by atoms with E-state index in [9.17, 15) is 9.18 Å². The van der Waals surface area contributed by atoms with Crippen molar-refractivity contribution in [3.63, 3.8) is 0 Å². The van der Waals surface area contributed by atoms with Gasteiger partial charge in [-0.3, -0.25) is 0 Å². The molecule has 4 nitrogen and oxygen atoms in total. The number of pyridine rings is 1. The van der Waals surface area contributed by atoms with E-state index < -0.39 is 11.8 Å². The molecule has 6 heteroatoms. The quantitative estimate of drug-likeness (QED) is 0.932. The topological polar surface area (TPSA) is 59.4 Å². The molecule has 0 atom stereocenters. The minimum atomic E-state index is -1.26. The Kier molecular flexibility index (Phi) is 3.80. The van der Waals surface area contributed by atoms with E-state index in [0.717, 1.165) is 22.2 Å². The summed E-state index contributed by atoms with van der Waals surface area (Å²) in [6, 6.07) is 4.95. The normalized spacial score (nSPS) is 10.3. The first-order valence-electron chi connectivity index (χ1n) is 5.30. The molecule has 1 aromatic carbocycles. The lowest BCUT2D eigenvalue weighted by atomic mass is 10.2. The van der Waals surface area contributed by atoms with Crippen LogP contribution in [0.15, 0.2) is 34.9 Å². The molecule has 0 aliphatic rings. The number of hydrogen-bond donors (Lipinski definition) is 1. The van der Waals surface area contributed by atoms with Gasteiger partial charge >= 0.3 is 5.97 Å². The summed E-state index contributed by atoms with van der Waals surface area (Å²) < 4.78 is 19.2. The van der Waals surface area contributed by atoms with E-state index in [-0.39, 0.29) is 17.2 Å². The molecule has 1 aromatic heterocycles. The monoisotopic (exact) mass is 325 g/mol. The van der Waals surface area contributed by atoms with Crippen molar-refractivity contribution in [2.45, 2.75) is 6.92 Å². The lowest BCUT2D eigenvalue weighted by Crippen LogP contribution is -2.01. The number of carbonyl (C=O) groups is 1. The third kappa shape index (κ3) is 3.08. The summed E-state index contributed by atoms with van der Waals surface area (Å²) in [6.45, 7) is 1.85. The average molecular weight is 326 g/mol. The van der Waals surface area contributed by atoms with E-state index in [4.69, 9.17) is 9.84 Å². The Balaban J connectivity index is 2.37. The number of carboxylic acids is 1. The molecular weight excluding hydrogens is 317 g/mol. The molecule has 0 saturated carbocycles.